The van der Waals surface area contributed by atoms with Gasteiger partial charge in [0.1, 0.15) is 5.69 Å². The molecule has 1 heterocycles. The van der Waals surface area contributed by atoms with Crippen molar-refractivity contribution in [3.8, 4) is 12.3 Å². The van der Waals surface area contributed by atoms with Gasteiger partial charge in [-0.3, -0.25) is 0 Å². The van der Waals surface area contributed by atoms with Crippen molar-refractivity contribution in [3.63, 3.8) is 0 Å². The molecule has 0 atom stereocenters. The molecule has 62 valence electrons. The van der Waals surface area contributed by atoms with Crippen LogP contribution in [0.25, 0.3) is 0 Å². The third kappa shape index (κ3) is 2.09. The van der Waals surface area contributed by atoms with Crippen LogP contribution in [0.1, 0.15) is 5.69 Å². The topological polar surface area (TPSA) is 52.3 Å². The first-order chi connectivity index (χ1) is 5.84. The Hall–Kier alpha value is -1.83. The van der Waals surface area contributed by atoms with Crippen LogP contribution in [0.15, 0.2) is 11.4 Å². The van der Waals surface area contributed by atoms with Crippen molar-refractivity contribution in [2.75, 3.05) is 6.61 Å². The van der Waals surface area contributed by atoms with E-state index >= 15 is 0 Å². The van der Waals surface area contributed by atoms with E-state index in [1.54, 1.807) is 17.9 Å². The quantitative estimate of drug-likeness (QED) is 0.269. The number of oxime groups is 1. The van der Waals surface area contributed by atoms with E-state index in [0.29, 0.717) is 0 Å². The van der Waals surface area contributed by atoms with E-state index in [2.05, 4.69) is 26.2 Å². The van der Waals surface area contributed by atoms with Gasteiger partial charge in [-0.1, -0.05) is 16.3 Å². The Labute approximate surface area is 70.0 Å². The minimum absolute atomic E-state index is 0.168. The Morgan fingerprint density at radius 2 is 2.75 bits per heavy atom. The van der Waals surface area contributed by atoms with E-state index in [0.717, 1.165) is 5.69 Å². The molecule has 0 spiro atoms. The van der Waals surface area contributed by atoms with E-state index in [1.807, 2.05) is 0 Å². The number of rotatable bonds is 3. The molecule has 0 radical (unpaired) electrons. The fourth-order valence-electron chi connectivity index (χ4n) is 0.580. The molecule has 1 aromatic rings. The number of terminal acetylenes is 1. The highest BCUT2D eigenvalue weighted by Crippen LogP contribution is 1.87. The van der Waals surface area contributed by atoms with Crippen molar-refractivity contribution < 1.29 is 4.84 Å². The summed E-state index contributed by atoms with van der Waals surface area (Å²) in [5, 5.41) is 10.9. The average Bonchev–Trinajstić information content (AvgIpc) is 2.46. The first kappa shape index (κ1) is 8.27. The molecule has 0 saturated carbocycles. The van der Waals surface area contributed by atoms with Crippen molar-refractivity contribution in [1.29, 1.82) is 0 Å². The standard InChI is InChI=1S/C7H8N4O/c1-3-4-12-9-6-7-5-8-10-11(7)2/h1,5-6H,4H2,2H3/b9-6+. The monoisotopic (exact) mass is 164 g/mol. The summed E-state index contributed by atoms with van der Waals surface area (Å²) < 4.78 is 1.57. The molecular formula is C7H8N4O. The number of hydrogen-bond acceptors (Lipinski definition) is 4. The summed E-state index contributed by atoms with van der Waals surface area (Å²) in [6, 6.07) is 0. The summed E-state index contributed by atoms with van der Waals surface area (Å²) in [4.78, 5) is 4.68. The van der Waals surface area contributed by atoms with E-state index in [1.165, 1.54) is 6.21 Å². The molecule has 0 N–H and O–H groups in total. The minimum Gasteiger partial charge on any atom is -0.383 e. The zero-order valence-corrected chi connectivity index (χ0v) is 6.64. The summed E-state index contributed by atoms with van der Waals surface area (Å²) in [6.07, 6.45) is 8.01. The van der Waals surface area contributed by atoms with Crippen LogP contribution in [-0.4, -0.2) is 27.8 Å². The lowest BCUT2D eigenvalue weighted by Crippen LogP contribution is -1.97. The van der Waals surface area contributed by atoms with Gasteiger partial charge in [-0.05, 0) is 0 Å². The highest BCUT2D eigenvalue weighted by Gasteiger charge is 1.93. The molecule has 0 aliphatic rings. The largest absolute Gasteiger partial charge is 0.383 e. The lowest BCUT2D eigenvalue weighted by molar-refractivity contribution is 0.181. The van der Waals surface area contributed by atoms with Gasteiger partial charge in [0.2, 0.25) is 0 Å². The van der Waals surface area contributed by atoms with Crippen LogP contribution < -0.4 is 0 Å². The van der Waals surface area contributed by atoms with Gasteiger partial charge in [-0.15, -0.1) is 11.5 Å². The van der Waals surface area contributed by atoms with Gasteiger partial charge in [0.15, 0.2) is 6.61 Å². The Bertz CT molecular complexity index is 309. The van der Waals surface area contributed by atoms with Gasteiger partial charge in [-0.2, -0.15) is 0 Å². The lowest BCUT2D eigenvalue weighted by Gasteiger charge is -1.91. The third-order valence-corrected chi connectivity index (χ3v) is 1.16. The molecule has 0 aromatic carbocycles. The molecule has 12 heavy (non-hydrogen) atoms. The maximum absolute atomic E-state index is 4.94. The second kappa shape index (κ2) is 4.13. The molecule has 0 aliphatic carbocycles. The smallest absolute Gasteiger partial charge is 0.177 e. The Balaban J connectivity index is 2.47. The zero-order valence-electron chi connectivity index (χ0n) is 6.64. The molecule has 0 saturated heterocycles. The molecule has 1 aromatic heterocycles. The number of nitrogens with zero attached hydrogens (tertiary/aromatic N) is 4. The van der Waals surface area contributed by atoms with Crippen LogP contribution in [0.2, 0.25) is 0 Å². The van der Waals surface area contributed by atoms with Crippen LogP contribution in [0.3, 0.4) is 0 Å². The van der Waals surface area contributed by atoms with Gasteiger partial charge in [0.25, 0.3) is 0 Å². The lowest BCUT2D eigenvalue weighted by atomic mass is 10.5. The molecule has 0 unspecified atom stereocenters. The van der Waals surface area contributed by atoms with Crippen LogP contribution >= 0.6 is 0 Å². The summed E-state index contributed by atoms with van der Waals surface area (Å²) in [6.45, 7) is 0.168. The first-order valence-electron chi connectivity index (χ1n) is 3.28. The Morgan fingerprint density at radius 1 is 1.92 bits per heavy atom. The molecule has 0 bridgehead atoms. The molecule has 5 nitrogen and oxygen atoms in total. The highest BCUT2D eigenvalue weighted by atomic mass is 16.6. The van der Waals surface area contributed by atoms with Crippen LogP contribution in [0, 0.1) is 12.3 Å². The summed E-state index contributed by atoms with van der Waals surface area (Å²) in [5.41, 5.74) is 0.757. The predicted octanol–water partition coefficient (Wildman–Crippen LogP) is -0.201. The fraction of sp³-hybridized carbons (Fsp3) is 0.286. The van der Waals surface area contributed by atoms with Crippen molar-refractivity contribution in [1.82, 2.24) is 15.0 Å². The first-order valence-corrected chi connectivity index (χ1v) is 3.28. The van der Waals surface area contributed by atoms with Gasteiger partial charge >= 0.3 is 0 Å². The molecular weight excluding hydrogens is 156 g/mol. The van der Waals surface area contributed by atoms with Crippen LogP contribution in [0.5, 0.6) is 0 Å². The molecule has 0 fully saturated rings. The van der Waals surface area contributed by atoms with Crippen LogP contribution in [-0.2, 0) is 11.9 Å². The van der Waals surface area contributed by atoms with Gasteiger partial charge in [-0.25, -0.2) is 4.68 Å². The van der Waals surface area contributed by atoms with Crippen LogP contribution in [0.4, 0.5) is 0 Å². The number of hydrogen-bond donors (Lipinski definition) is 0. The van der Waals surface area contributed by atoms with Crippen molar-refractivity contribution in [3.05, 3.63) is 11.9 Å². The molecule has 5 heteroatoms. The summed E-state index contributed by atoms with van der Waals surface area (Å²) in [5.74, 6) is 2.29. The van der Waals surface area contributed by atoms with E-state index in [4.69, 9.17) is 6.42 Å². The second-order valence-corrected chi connectivity index (χ2v) is 1.99. The minimum atomic E-state index is 0.168. The van der Waals surface area contributed by atoms with E-state index < -0.39 is 0 Å². The maximum Gasteiger partial charge on any atom is 0.177 e. The molecule has 1 rings (SSSR count). The zero-order chi connectivity index (χ0) is 8.81. The predicted molar refractivity (Wildman–Crippen MR) is 43.4 cm³/mol. The Kier molecular flexibility index (Phi) is 2.85. The highest BCUT2D eigenvalue weighted by molar-refractivity contribution is 5.75. The van der Waals surface area contributed by atoms with Gasteiger partial charge < -0.3 is 4.84 Å². The summed E-state index contributed by atoms with van der Waals surface area (Å²) in [7, 11) is 1.76. The van der Waals surface area contributed by atoms with Gasteiger partial charge in [0.05, 0.1) is 12.4 Å². The average molecular weight is 164 g/mol. The summed E-state index contributed by atoms with van der Waals surface area (Å²) >= 11 is 0. The normalized spacial score (nSPS) is 10.0. The second-order valence-electron chi connectivity index (χ2n) is 1.99. The van der Waals surface area contributed by atoms with Crippen molar-refractivity contribution in [2.45, 2.75) is 0 Å². The van der Waals surface area contributed by atoms with E-state index in [9.17, 15) is 0 Å². The Morgan fingerprint density at radius 3 is 3.33 bits per heavy atom. The third-order valence-electron chi connectivity index (χ3n) is 1.16. The van der Waals surface area contributed by atoms with Crippen molar-refractivity contribution >= 4 is 6.21 Å². The van der Waals surface area contributed by atoms with Crippen molar-refractivity contribution in [2.24, 2.45) is 12.2 Å². The maximum atomic E-state index is 4.94. The van der Waals surface area contributed by atoms with E-state index in [-0.39, 0.29) is 6.61 Å². The number of aromatic nitrogens is 3. The SMILES string of the molecule is C#CCO/N=C/c1cnnn1C. The number of aryl methyl sites for hydroxylation is 1. The van der Waals surface area contributed by atoms with Gasteiger partial charge in [0, 0.05) is 7.05 Å². The molecule has 0 aliphatic heterocycles. The molecule has 0 amide bonds. The fourth-order valence-corrected chi connectivity index (χ4v) is 0.580.